The molecule has 0 spiro atoms. The third kappa shape index (κ3) is 4.13. The molecule has 0 aliphatic carbocycles. The van der Waals surface area contributed by atoms with Gasteiger partial charge in [-0.2, -0.15) is 5.26 Å². The van der Waals surface area contributed by atoms with E-state index in [2.05, 4.69) is 4.72 Å². The molecule has 120 valence electrons. The van der Waals surface area contributed by atoms with Crippen molar-refractivity contribution in [2.45, 2.75) is 17.4 Å². The molecular weight excluding hydrogens is 319 g/mol. The Bertz CT molecular complexity index is 823. The fourth-order valence-electron chi connectivity index (χ4n) is 1.94. The molecule has 0 amide bonds. The molecule has 5 nitrogen and oxygen atoms in total. The molecule has 2 aromatic rings. The van der Waals surface area contributed by atoms with Crippen LogP contribution in [0, 0.1) is 17.1 Å². The highest BCUT2D eigenvalue weighted by Gasteiger charge is 2.26. The van der Waals surface area contributed by atoms with Crippen molar-refractivity contribution >= 4 is 10.0 Å². The zero-order valence-corrected chi connectivity index (χ0v) is 13.1. The lowest BCUT2D eigenvalue weighted by atomic mass is 9.96. The van der Waals surface area contributed by atoms with E-state index in [0.29, 0.717) is 11.1 Å². The second-order valence-electron chi connectivity index (χ2n) is 5.24. The minimum absolute atomic E-state index is 0.00796. The van der Waals surface area contributed by atoms with Crippen LogP contribution in [0.5, 0.6) is 0 Å². The Morgan fingerprint density at radius 3 is 2.26 bits per heavy atom. The summed E-state index contributed by atoms with van der Waals surface area (Å²) in [6.45, 7) is 1.16. The van der Waals surface area contributed by atoms with Crippen LogP contribution in [0.3, 0.4) is 0 Å². The molecule has 2 N–H and O–H groups in total. The molecule has 7 heteroatoms. The zero-order valence-electron chi connectivity index (χ0n) is 12.3. The van der Waals surface area contributed by atoms with E-state index in [4.69, 9.17) is 5.26 Å². The topological polar surface area (TPSA) is 90.2 Å². The minimum atomic E-state index is -3.83. The van der Waals surface area contributed by atoms with E-state index in [1.807, 2.05) is 6.07 Å². The van der Waals surface area contributed by atoms with Crippen LogP contribution < -0.4 is 4.72 Å². The Morgan fingerprint density at radius 2 is 1.74 bits per heavy atom. The van der Waals surface area contributed by atoms with Crippen LogP contribution in [0.4, 0.5) is 4.39 Å². The summed E-state index contributed by atoms with van der Waals surface area (Å²) in [5, 5.41) is 19.1. The molecule has 0 aromatic heterocycles. The number of benzene rings is 2. The van der Waals surface area contributed by atoms with Crippen LogP contribution in [0.1, 0.15) is 18.1 Å². The summed E-state index contributed by atoms with van der Waals surface area (Å²) in [6.07, 6.45) is 0. The highest BCUT2D eigenvalue weighted by Crippen LogP contribution is 2.21. The number of nitrogens with one attached hydrogen (secondary N) is 1. The number of nitriles is 1. The minimum Gasteiger partial charge on any atom is -0.384 e. The second-order valence-corrected chi connectivity index (χ2v) is 7.01. The normalized spacial score (nSPS) is 14.0. The summed E-state index contributed by atoms with van der Waals surface area (Å²) in [6, 6.07) is 12.5. The van der Waals surface area contributed by atoms with Crippen molar-refractivity contribution in [3.63, 3.8) is 0 Å². The van der Waals surface area contributed by atoms with Crippen LogP contribution >= 0.6 is 0 Å². The van der Waals surface area contributed by atoms with Gasteiger partial charge in [0, 0.05) is 6.54 Å². The SMILES string of the molecule is CC(O)(CNS(=O)(=O)c1ccc(C#N)cc1)c1ccc(F)cc1. The molecular formula is C16H15FN2O3S. The van der Waals surface area contributed by atoms with Crippen LogP contribution in [0.15, 0.2) is 53.4 Å². The van der Waals surface area contributed by atoms with Crippen molar-refractivity contribution in [2.75, 3.05) is 6.54 Å². The Labute approximate surface area is 134 Å². The zero-order chi connectivity index (χ0) is 17.1. The quantitative estimate of drug-likeness (QED) is 0.873. The fraction of sp³-hybridized carbons (Fsp3) is 0.188. The molecule has 0 fully saturated rings. The van der Waals surface area contributed by atoms with Gasteiger partial charge in [-0.25, -0.2) is 17.5 Å². The molecule has 0 heterocycles. The smallest absolute Gasteiger partial charge is 0.240 e. The number of nitrogens with zero attached hydrogens (tertiary/aromatic N) is 1. The first-order chi connectivity index (χ1) is 10.7. The average Bonchev–Trinajstić information content (AvgIpc) is 2.54. The summed E-state index contributed by atoms with van der Waals surface area (Å²) >= 11 is 0. The van der Waals surface area contributed by atoms with Crippen molar-refractivity contribution in [3.05, 3.63) is 65.5 Å². The average molecular weight is 334 g/mol. The molecule has 0 saturated heterocycles. The molecule has 0 aliphatic rings. The van der Waals surface area contributed by atoms with Gasteiger partial charge in [0.1, 0.15) is 11.4 Å². The van der Waals surface area contributed by atoms with E-state index in [9.17, 15) is 17.9 Å². The number of rotatable bonds is 5. The maximum absolute atomic E-state index is 12.9. The van der Waals surface area contributed by atoms with Crippen molar-refractivity contribution in [3.8, 4) is 6.07 Å². The van der Waals surface area contributed by atoms with Crippen molar-refractivity contribution in [1.82, 2.24) is 4.72 Å². The lowest BCUT2D eigenvalue weighted by molar-refractivity contribution is 0.0627. The Morgan fingerprint density at radius 1 is 1.17 bits per heavy atom. The number of aliphatic hydroxyl groups is 1. The fourth-order valence-corrected chi connectivity index (χ4v) is 3.07. The molecule has 1 atom stereocenters. The maximum Gasteiger partial charge on any atom is 0.240 e. The van der Waals surface area contributed by atoms with Gasteiger partial charge < -0.3 is 5.11 Å². The third-order valence-corrected chi connectivity index (χ3v) is 4.78. The first-order valence-electron chi connectivity index (χ1n) is 6.73. The molecule has 0 radical (unpaired) electrons. The van der Waals surface area contributed by atoms with Gasteiger partial charge in [-0.15, -0.1) is 0 Å². The van der Waals surface area contributed by atoms with E-state index in [1.54, 1.807) is 0 Å². The van der Waals surface area contributed by atoms with E-state index < -0.39 is 21.4 Å². The van der Waals surface area contributed by atoms with Gasteiger partial charge in [-0.1, -0.05) is 12.1 Å². The van der Waals surface area contributed by atoms with Gasteiger partial charge in [0.25, 0.3) is 0 Å². The predicted molar refractivity (Wildman–Crippen MR) is 82.3 cm³/mol. The lowest BCUT2D eigenvalue weighted by Crippen LogP contribution is -2.38. The maximum atomic E-state index is 12.9. The van der Waals surface area contributed by atoms with E-state index in [0.717, 1.165) is 0 Å². The number of hydrogen-bond acceptors (Lipinski definition) is 4. The molecule has 2 aromatic carbocycles. The molecule has 0 saturated carbocycles. The largest absolute Gasteiger partial charge is 0.384 e. The highest BCUT2D eigenvalue weighted by atomic mass is 32.2. The van der Waals surface area contributed by atoms with Crippen molar-refractivity contribution in [1.29, 1.82) is 5.26 Å². The standard InChI is InChI=1S/C16H15FN2O3S/c1-16(20,13-4-6-14(17)7-5-13)11-19-23(21,22)15-8-2-12(10-18)3-9-15/h2-9,19-20H,11H2,1H3. The van der Waals surface area contributed by atoms with Crippen LogP contribution in [0.2, 0.25) is 0 Å². The highest BCUT2D eigenvalue weighted by molar-refractivity contribution is 7.89. The van der Waals surface area contributed by atoms with E-state index >= 15 is 0 Å². The first-order valence-corrected chi connectivity index (χ1v) is 8.21. The van der Waals surface area contributed by atoms with Crippen LogP contribution in [-0.2, 0) is 15.6 Å². The number of halogens is 1. The van der Waals surface area contributed by atoms with Gasteiger partial charge in [-0.05, 0) is 48.9 Å². The van der Waals surface area contributed by atoms with E-state index in [-0.39, 0.29) is 11.4 Å². The summed E-state index contributed by atoms with van der Waals surface area (Å²) in [5.41, 5.74) is -0.753. The van der Waals surface area contributed by atoms with Gasteiger partial charge in [0.2, 0.25) is 10.0 Å². The summed E-state index contributed by atoms with van der Waals surface area (Å²) in [4.78, 5) is -0.00796. The van der Waals surface area contributed by atoms with Gasteiger partial charge >= 0.3 is 0 Å². The van der Waals surface area contributed by atoms with Gasteiger partial charge in [0.15, 0.2) is 0 Å². The summed E-state index contributed by atoms with van der Waals surface area (Å²) in [7, 11) is -3.83. The van der Waals surface area contributed by atoms with Crippen LogP contribution in [0.25, 0.3) is 0 Å². The van der Waals surface area contributed by atoms with Crippen LogP contribution in [-0.4, -0.2) is 20.1 Å². The summed E-state index contributed by atoms with van der Waals surface area (Å²) < 4.78 is 39.6. The molecule has 0 bridgehead atoms. The number of sulfonamides is 1. The summed E-state index contributed by atoms with van der Waals surface area (Å²) in [5.74, 6) is -0.442. The van der Waals surface area contributed by atoms with Gasteiger partial charge in [-0.3, -0.25) is 0 Å². The monoisotopic (exact) mass is 334 g/mol. The predicted octanol–water partition coefficient (Wildman–Crippen LogP) is 1.88. The van der Waals surface area contributed by atoms with E-state index in [1.165, 1.54) is 55.5 Å². The molecule has 23 heavy (non-hydrogen) atoms. The molecule has 0 aliphatic heterocycles. The number of hydrogen-bond donors (Lipinski definition) is 2. The Kier molecular flexibility index (Phi) is 4.80. The first kappa shape index (κ1) is 17.1. The molecule has 2 rings (SSSR count). The Balaban J connectivity index is 2.14. The second kappa shape index (κ2) is 6.46. The molecule has 1 unspecified atom stereocenters. The van der Waals surface area contributed by atoms with Crippen molar-refractivity contribution < 1.29 is 17.9 Å². The third-order valence-electron chi connectivity index (χ3n) is 3.37. The Hall–Kier alpha value is -2.27. The van der Waals surface area contributed by atoms with Crippen molar-refractivity contribution in [2.24, 2.45) is 0 Å². The van der Waals surface area contributed by atoms with Gasteiger partial charge in [0.05, 0.1) is 16.5 Å². The lowest BCUT2D eigenvalue weighted by Gasteiger charge is -2.24.